The molecule has 0 saturated heterocycles. The molecular weight excluding hydrogens is 274 g/mol. The summed E-state index contributed by atoms with van der Waals surface area (Å²) in [5.74, 6) is -0.0488. The van der Waals surface area contributed by atoms with Crippen molar-refractivity contribution >= 4 is 5.91 Å². The lowest BCUT2D eigenvalue weighted by molar-refractivity contribution is -0.126. The van der Waals surface area contributed by atoms with Crippen molar-refractivity contribution in [1.29, 1.82) is 0 Å². The van der Waals surface area contributed by atoms with Crippen LogP contribution in [0.25, 0.3) is 0 Å². The smallest absolute Gasteiger partial charge is 0.239 e. The highest BCUT2D eigenvalue weighted by Gasteiger charge is 2.26. The topological polar surface area (TPSA) is 58.4 Å². The van der Waals surface area contributed by atoms with Gasteiger partial charge in [0.1, 0.15) is 0 Å². The van der Waals surface area contributed by atoms with Gasteiger partial charge in [-0.25, -0.2) is 0 Å². The monoisotopic (exact) mass is 305 g/mol. The van der Waals surface area contributed by atoms with Gasteiger partial charge in [-0.2, -0.15) is 0 Å². The Hall–Kier alpha value is -1.39. The molecule has 0 bridgehead atoms. The molecule has 0 aliphatic heterocycles. The number of nitrogens with one attached hydrogen (secondary N) is 1. The normalized spacial score (nSPS) is 15.4. The van der Waals surface area contributed by atoms with Crippen LogP contribution in [0.3, 0.4) is 0 Å². The Morgan fingerprint density at radius 2 is 2.00 bits per heavy atom. The molecule has 0 fully saturated rings. The highest BCUT2D eigenvalue weighted by atomic mass is 16.2. The molecular formula is C18H31N3O. The third kappa shape index (κ3) is 6.16. The Balaban J connectivity index is 2.33. The summed E-state index contributed by atoms with van der Waals surface area (Å²) in [6, 6.07) is 10.8. The van der Waals surface area contributed by atoms with Gasteiger partial charge in [0.15, 0.2) is 0 Å². The second kappa shape index (κ2) is 8.91. The van der Waals surface area contributed by atoms with Crippen molar-refractivity contribution in [2.75, 3.05) is 13.6 Å². The third-order valence-electron chi connectivity index (χ3n) is 4.16. The van der Waals surface area contributed by atoms with Crippen molar-refractivity contribution in [2.24, 2.45) is 5.73 Å². The lowest BCUT2D eigenvalue weighted by Crippen LogP contribution is -2.52. The minimum absolute atomic E-state index is 0.0488. The second-order valence-electron chi connectivity index (χ2n) is 6.46. The molecule has 3 N–H and O–H groups in total. The average Bonchev–Trinajstić information content (AvgIpc) is 2.47. The van der Waals surface area contributed by atoms with Crippen LogP contribution in [-0.2, 0) is 11.3 Å². The van der Waals surface area contributed by atoms with Gasteiger partial charge in [-0.05, 0) is 39.3 Å². The molecule has 4 heteroatoms. The second-order valence-corrected chi connectivity index (χ2v) is 6.46. The summed E-state index contributed by atoms with van der Waals surface area (Å²) < 4.78 is 0. The highest BCUT2D eigenvalue weighted by molar-refractivity contribution is 5.85. The zero-order chi connectivity index (χ0) is 16.6. The lowest BCUT2D eigenvalue weighted by Gasteiger charge is -2.26. The van der Waals surface area contributed by atoms with E-state index >= 15 is 0 Å². The van der Waals surface area contributed by atoms with Crippen LogP contribution in [0.2, 0.25) is 0 Å². The van der Waals surface area contributed by atoms with E-state index in [1.165, 1.54) is 5.56 Å². The number of benzene rings is 1. The number of amides is 1. The van der Waals surface area contributed by atoms with Crippen LogP contribution in [0.4, 0.5) is 0 Å². The van der Waals surface area contributed by atoms with Crippen LogP contribution in [0.1, 0.15) is 45.6 Å². The maximum absolute atomic E-state index is 12.0. The number of rotatable bonds is 9. The van der Waals surface area contributed by atoms with Crippen molar-refractivity contribution in [3.05, 3.63) is 35.9 Å². The van der Waals surface area contributed by atoms with E-state index in [9.17, 15) is 4.79 Å². The molecule has 124 valence electrons. The molecule has 0 saturated carbocycles. The quantitative estimate of drug-likeness (QED) is 0.737. The molecule has 0 radical (unpaired) electrons. The zero-order valence-corrected chi connectivity index (χ0v) is 14.4. The summed E-state index contributed by atoms with van der Waals surface area (Å²) in [5.41, 5.74) is 6.58. The van der Waals surface area contributed by atoms with Crippen molar-refractivity contribution in [2.45, 2.75) is 58.2 Å². The van der Waals surface area contributed by atoms with E-state index in [4.69, 9.17) is 5.73 Å². The molecule has 0 aliphatic rings. The van der Waals surface area contributed by atoms with E-state index in [1.54, 1.807) is 6.92 Å². The average molecular weight is 305 g/mol. The lowest BCUT2D eigenvalue weighted by atomic mass is 9.96. The molecule has 0 spiro atoms. The van der Waals surface area contributed by atoms with Gasteiger partial charge >= 0.3 is 0 Å². The Bertz CT molecular complexity index is 445. The van der Waals surface area contributed by atoms with Crippen molar-refractivity contribution < 1.29 is 4.79 Å². The van der Waals surface area contributed by atoms with Gasteiger partial charge in [0.05, 0.1) is 5.54 Å². The Kier molecular flexibility index (Phi) is 7.56. The van der Waals surface area contributed by atoms with Crippen LogP contribution in [0, 0.1) is 0 Å². The molecule has 2 atom stereocenters. The minimum atomic E-state index is -0.756. The van der Waals surface area contributed by atoms with Gasteiger partial charge in [-0.1, -0.05) is 43.7 Å². The fraction of sp³-hybridized carbons (Fsp3) is 0.611. The third-order valence-corrected chi connectivity index (χ3v) is 4.16. The fourth-order valence-corrected chi connectivity index (χ4v) is 2.48. The molecule has 22 heavy (non-hydrogen) atoms. The van der Waals surface area contributed by atoms with Crippen LogP contribution in [0.5, 0.6) is 0 Å². The Labute approximate surface area is 135 Å². The molecule has 0 aliphatic carbocycles. The molecule has 0 aromatic heterocycles. The Morgan fingerprint density at radius 1 is 1.36 bits per heavy atom. The number of hydrogen-bond acceptors (Lipinski definition) is 3. The summed E-state index contributed by atoms with van der Waals surface area (Å²) in [4.78, 5) is 14.3. The van der Waals surface area contributed by atoms with Crippen molar-refractivity contribution in [3.8, 4) is 0 Å². The van der Waals surface area contributed by atoms with Gasteiger partial charge < -0.3 is 11.1 Å². The summed E-state index contributed by atoms with van der Waals surface area (Å²) in [6.07, 6.45) is 2.54. The van der Waals surface area contributed by atoms with Crippen LogP contribution in [-0.4, -0.2) is 36.0 Å². The Morgan fingerprint density at radius 3 is 2.59 bits per heavy atom. The van der Waals surface area contributed by atoms with Gasteiger partial charge in [-0.15, -0.1) is 0 Å². The molecule has 1 aromatic carbocycles. The maximum atomic E-state index is 12.0. The largest absolute Gasteiger partial charge is 0.354 e. The van der Waals surface area contributed by atoms with Gasteiger partial charge in [0.25, 0.3) is 0 Å². The summed E-state index contributed by atoms with van der Waals surface area (Å²) >= 11 is 0. The first-order valence-electron chi connectivity index (χ1n) is 8.18. The number of nitrogens with zero attached hydrogens (tertiary/aromatic N) is 1. The summed E-state index contributed by atoms with van der Waals surface area (Å²) in [6.45, 7) is 7.61. The minimum Gasteiger partial charge on any atom is -0.354 e. The highest BCUT2D eigenvalue weighted by Crippen LogP contribution is 2.10. The van der Waals surface area contributed by atoms with Crippen LogP contribution in [0.15, 0.2) is 30.3 Å². The first-order chi connectivity index (χ1) is 10.4. The fourth-order valence-electron chi connectivity index (χ4n) is 2.48. The summed E-state index contributed by atoms with van der Waals surface area (Å²) in [5, 5.41) is 2.97. The SMILES string of the molecule is CCCC(C)(N)C(=O)NCCC(C)N(C)Cc1ccccc1. The van der Waals surface area contributed by atoms with E-state index in [0.29, 0.717) is 19.0 Å². The predicted molar refractivity (Wildman–Crippen MR) is 92.5 cm³/mol. The molecule has 4 nitrogen and oxygen atoms in total. The molecule has 1 amide bonds. The van der Waals surface area contributed by atoms with Crippen molar-refractivity contribution in [1.82, 2.24) is 10.2 Å². The molecule has 1 aromatic rings. The van der Waals surface area contributed by atoms with E-state index in [0.717, 1.165) is 19.4 Å². The number of carbonyl (C=O) groups is 1. The van der Waals surface area contributed by atoms with Gasteiger partial charge in [-0.3, -0.25) is 9.69 Å². The van der Waals surface area contributed by atoms with E-state index in [-0.39, 0.29) is 5.91 Å². The van der Waals surface area contributed by atoms with E-state index in [2.05, 4.69) is 48.5 Å². The molecule has 2 unspecified atom stereocenters. The van der Waals surface area contributed by atoms with Crippen molar-refractivity contribution in [3.63, 3.8) is 0 Å². The first kappa shape index (κ1) is 18.7. The van der Waals surface area contributed by atoms with Crippen LogP contribution < -0.4 is 11.1 Å². The molecule has 1 rings (SSSR count). The van der Waals surface area contributed by atoms with E-state index in [1.807, 2.05) is 13.0 Å². The number of carbonyl (C=O) groups excluding carboxylic acids is 1. The standard InChI is InChI=1S/C18H31N3O/c1-5-12-18(3,19)17(22)20-13-11-15(2)21(4)14-16-9-7-6-8-10-16/h6-10,15H,5,11-14,19H2,1-4H3,(H,20,22). The number of hydrogen-bond donors (Lipinski definition) is 2. The van der Waals surface area contributed by atoms with E-state index < -0.39 is 5.54 Å². The number of nitrogens with two attached hydrogens (primary N) is 1. The maximum Gasteiger partial charge on any atom is 0.239 e. The van der Waals surface area contributed by atoms with Crippen LogP contribution >= 0.6 is 0 Å². The zero-order valence-electron chi connectivity index (χ0n) is 14.4. The van der Waals surface area contributed by atoms with Gasteiger partial charge in [0, 0.05) is 19.1 Å². The predicted octanol–water partition coefficient (Wildman–Crippen LogP) is 2.53. The molecule has 0 heterocycles. The summed E-state index contributed by atoms with van der Waals surface area (Å²) in [7, 11) is 2.11. The first-order valence-corrected chi connectivity index (χ1v) is 8.18. The van der Waals surface area contributed by atoms with Gasteiger partial charge in [0.2, 0.25) is 5.91 Å².